The highest BCUT2D eigenvalue weighted by atomic mass is 16.3. The molecule has 0 aliphatic carbocycles. The van der Waals surface area contributed by atoms with Crippen LogP contribution < -0.4 is 20.9 Å². The van der Waals surface area contributed by atoms with Crippen molar-refractivity contribution in [3.05, 3.63) is 36.3 Å². The third kappa shape index (κ3) is 4.83. The Labute approximate surface area is 182 Å². The molecular formula is C22H30N8O. The van der Waals surface area contributed by atoms with Gasteiger partial charge < -0.3 is 26.0 Å². The number of hydrogen-bond donors (Lipinski definition) is 4. The minimum Gasteiger partial charge on any atom is -0.387 e. The Morgan fingerprint density at radius 3 is 2.68 bits per heavy atom. The number of hydrogen-bond acceptors (Lipinski definition) is 9. The van der Waals surface area contributed by atoms with Crippen molar-refractivity contribution in [3.8, 4) is 0 Å². The average Bonchev–Trinajstić information content (AvgIpc) is 2.74. The Morgan fingerprint density at radius 1 is 1.16 bits per heavy atom. The second kappa shape index (κ2) is 8.99. The van der Waals surface area contributed by atoms with Gasteiger partial charge in [0.05, 0.1) is 23.7 Å². The summed E-state index contributed by atoms with van der Waals surface area (Å²) in [5, 5.41) is 20.7. The maximum Gasteiger partial charge on any atom is 0.229 e. The van der Waals surface area contributed by atoms with Gasteiger partial charge >= 0.3 is 0 Å². The van der Waals surface area contributed by atoms with Crippen molar-refractivity contribution >= 4 is 34.2 Å². The minimum atomic E-state index is -0.670. The van der Waals surface area contributed by atoms with Crippen LogP contribution in [0.2, 0.25) is 0 Å². The highest BCUT2D eigenvalue weighted by molar-refractivity contribution is 5.89. The minimum absolute atomic E-state index is 0.174. The first-order valence-electron chi connectivity index (χ1n) is 10.7. The lowest BCUT2D eigenvalue weighted by Gasteiger charge is -2.35. The molecule has 3 aromatic heterocycles. The highest BCUT2D eigenvalue weighted by Crippen LogP contribution is 2.26. The number of aromatic nitrogens is 4. The van der Waals surface area contributed by atoms with Gasteiger partial charge in [0.1, 0.15) is 11.3 Å². The summed E-state index contributed by atoms with van der Waals surface area (Å²) in [7, 11) is 0. The summed E-state index contributed by atoms with van der Waals surface area (Å²) in [6.45, 7) is 10.9. The van der Waals surface area contributed by atoms with Gasteiger partial charge in [0.25, 0.3) is 0 Å². The molecule has 2 atom stereocenters. The molecule has 9 nitrogen and oxygen atoms in total. The van der Waals surface area contributed by atoms with Crippen LogP contribution in [0, 0.1) is 0 Å². The van der Waals surface area contributed by atoms with E-state index in [1.165, 1.54) is 0 Å². The number of nitrogens with one attached hydrogen (secondary N) is 3. The van der Waals surface area contributed by atoms with Gasteiger partial charge in [-0.3, -0.25) is 0 Å². The lowest BCUT2D eigenvalue weighted by molar-refractivity contribution is 0.194. The number of nitrogens with zero attached hydrogens (tertiary/aromatic N) is 5. The smallest absolute Gasteiger partial charge is 0.229 e. The van der Waals surface area contributed by atoms with E-state index in [9.17, 15) is 5.11 Å². The van der Waals surface area contributed by atoms with E-state index in [1.807, 2.05) is 32.2 Å². The molecule has 0 amide bonds. The van der Waals surface area contributed by atoms with Gasteiger partial charge in [-0.05, 0) is 45.9 Å². The molecule has 4 N–H and O–H groups in total. The Kier molecular flexibility index (Phi) is 6.15. The van der Waals surface area contributed by atoms with Crippen molar-refractivity contribution in [2.24, 2.45) is 0 Å². The van der Waals surface area contributed by atoms with Crippen LogP contribution in [0.3, 0.4) is 0 Å². The molecule has 9 heteroatoms. The Morgan fingerprint density at radius 2 is 2.00 bits per heavy atom. The molecule has 0 radical (unpaired) electrons. The standard InChI is InChI=1S/C22H30N8O/c1-13(2)26-21-20-16(9-18(27-21)15(4)31)11-25-22(29-20)28-19-6-5-17(12-24-19)30-8-7-23-10-14(30)3/h5-6,9,11-15,23,31H,7-8,10H2,1-4H3,(H,26,27)(H,24,25,28,29)/t14-,15+/m0/s1. The molecular weight excluding hydrogens is 392 g/mol. The molecule has 4 heterocycles. The first-order valence-corrected chi connectivity index (χ1v) is 10.7. The second-order valence-electron chi connectivity index (χ2n) is 8.28. The summed E-state index contributed by atoms with van der Waals surface area (Å²) in [5.41, 5.74) is 2.39. The number of rotatable bonds is 6. The molecule has 0 unspecified atom stereocenters. The van der Waals surface area contributed by atoms with Crippen molar-refractivity contribution in [1.82, 2.24) is 25.3 Å². The molecule has 1 aliphatic heterocycles. The van der Waals surface area contributed by atoms with Gasteiger partial charge in [-0.25, -0.2) is 19.9 Å². The van der Waals surface area contributed by atoms with E-state index in [1.54, 1.807) is 13.1 Å². The highest BCUT2D eigenvalue weighted by Gasteiger charge is 2.18. The molecule has 1 aliphatic rings. The monoisotopic (exact) mass is 422 g/mol. The first kappa shape index (κ1) is 21.2. The fourth-order valence-electron chi connectivity index (χ4n) is 3.68. The van der Waals surface area contributed by atoms with Crippen molar-refractivity contribution in [3.63, 3.8) is 0 Å². The lowest BCUT2D eigenvalue weighted by Crippen LogP contribution is -2.49. The van der Waals surface area contributed by atoms with Crippen LogP contribution in [0.1, 0.15) is 39.5 Å². The summed E-state index contributed by atoms with van der Waals surface area (Å²) < 4.78 is 0. The van der Waals surface area contributed by atoms with E-state index in [-0.39, 0.29) is 6.04 Å². The molecule has 4 rings (SSSR count). The second-order valence-corrected chi connectivity index (χ2v) is 8.28. The van der Waals surface area contributed by atoms with Crippen molar-refractivity contribution in [2.45, 2.75) is 45.9 Å². The van der Waals surface area contributed by atoms with Gasteiger partial charge in [0.2, 0.25) is 5.95 Å². The zero-order chi connectivity index (χ0) is 22.0. The van der Waals surface area contributed by atoms with E-state index in [0.29, 0.717) is 34.8 Å². The molecule has 0 bridgehead atoms. The van der Waals surface area contributed by atoms with E-state index in [0.717, 1.165) is 30.7 Å². The topological polar surface area (TPSA) is 111 Å². The molecule has 31 heavy (non-hydrogen) atoms. The Balaban J connectivity index is 1.59. The van der Waals surface area contributed by atoms with Crippen LogP contribution in [0.5, 0.6) is 0 Å². The SMILES string of the molecule is CC(C)Nc1nc([C@@H](C)O)cc2cnc(Nc3ccc(N4CCNC[C@@H]4C)cn3)nc12. The first-order chi connectivity index (χ1) is 14.9. The molecule has 1 saturated heterocycles. The maximum atomic E-state index is 9.97. The van der Waals surface area contributed by atoms with Crippen LogP contribution in [-0.4, -0.2) is 56.8 Å². The summed E-state index contributed by atoms with van der Waals surface area (Å²) in [6.07, 6.45) is 2.95. The van der Waals surface area contributed by atoms with Crippen molar-refractivity contribution < 1.29 is 5.11 Å². The zero-order valence-electron chi connectivity index (χ0n) is 18.4. The number of aliphatic hydroxyl groups excluding tert-OH is 1. The predicted molar refractivity (Wildman–Crippen MR) is 124 cm³/mol. The van der Waals surface area contributed by atoms with Gasteiger partial charge in [-0.1, -0.05) is 0 Å². The predicted octanol–water partition coefficient (Wildman–Crippen LogP) is 2.84. The normalized spacial score (nSPS) is 17.7. The lowest BCUT2D eigenvalue weighted by atomic mass is 10.2. The number of aliphatic hydroxyl groups is 1. The summed E-state index contributed by atoms with van der Waals surface area (Å²) in [6, 6.07) is 6.44. The summed E-state index contributed by atoms with van der Waals surface area (Å²) in [5.74, 6) is 1.75. The molecule has 0 saturated carbocycles. The molecule has 0 aromatic carbocycles. The number of anilines is 4. The molecule has 0 spiro atoms. The third-order valence-electron chi connectivity index (χ3n) is 5.26. The summed E-state index contributed by atoms with van der Waals surface area (Å²) >= 11 is 0. The maximum absolute atomic E-state index is 9.97. The average molecular weight is 423 g/mol. The molecule has 1 fully saturated rings. The number of piperazine rings is 1. The van der Waals surface area contributed by atoms with Crippen LogP contribution in [0.25, 0.3) is 10.9 Å². The van der Waals surface area contributed by atoms with Gasteiger partial charge in [0, 0.05) is 43.3 Å². The van der Waals surface area contributed by atoms with Crippen LogP contribution in [0.15, 0.2) is 30.6 Å². The van der Waals surface area contributed by atoms with E-state index in [2.05, 4.69) is 53.8 Å². The summed E-state index contributed by atoms with van der Waals surface area (Å²) in [4.78, 5) is 20.6. The largest absolute Gasteiger partial charge is 0.387 e. The van der Waals surface area contributed by atoms with E-state index < -0.39 is 6.10 Å². The Hall–Kier alpha value is -3.04. The number of pyridine rings is 2. The fourth-order valence-corrected chi connectivity index (χ4v) is 3.68. The van der Waals surface area contributed by atoms with Crippen LogP contribution in [-0.2, 0) is 0 Å². The van der Waals surface area contributed by atoms with Gasteiger partial charge in [0.15, 0.2) is 5.82 Å². The van der Waals surface area contributed by atoms with E-state index in [4.69, 9.17) is 0 Å². The molecule has 3 aromatic rings. The van der Waals surface area contributed by atoms with Crippen molar-refractivity contribution in [2.75, 3.05) is 35.2 Å². The third-order valence-corrected chi connectivity index (χ3v) is 5.26. The Bertz CT molecular complexity index is 1040. The van der Waals surface area contributed by atoms with Crippen molar-refractivity contribution in [1.29, 1.82) is 0 Å². The molecule has 164 valence electrons. The number of fused-ring (bicyclic) bond motifs is 1. The van der Waals surface area contributed by atoms with Gasteiger partial charge in [-0.2, -0.15) is 0 Å². The van der Waals surface area contributed by atoms with E-state index >= 15 is 0 Å². The van der Waals surface area contributed by atoms with Crippen LogP contribution >= 0.6 is 0 Å². The fraction of sp³-hybridized carbons (Fsp3) is 0.455. The van der Waals surface area contributed by atoms with Gasteiger partial charge in [-0.15, -0.1) is 0 Å². The quantitative estimate of drug-likeness (QED) is 0.476. The zero-order valence-corrected chi connectivity index (χ0v) is 18.4. The van der Waals surface area contributed by atoms with Crippen LogP contribution in [0.4, 0.5) is 23.3 Å².